The average Bonchev–Trinajstić information content (AvgIpc) is 2.58. The lowest BCUT2D eigenvalue weighted by molar-refractivity contribution is 0.100. The number of rotatable bonds is 9. The van der Waals surface area contributed by atoms with Crippen molar-refractivity contribution in [1.82, 2.24) is 4.98 Å². The highest BCUT2D eigenvalue weighted by atomic mass is 35.5. The first-order valence-corrected chi connectivity index (χ1v) is 8.63. The van der Waals surface area contributed by atoms with Crippen molar-refractivity contribution in [3.05, 3.63) is 47.5 Å². The number of halogens is 1. The van der Waals surface area contributed by atoms with Gasteiger partial charge < -0.3 is 22.1 Å². The van der Waals surface area contributed by atoms with Gasteiger partial charge in [0.15, 0.2) is 0 Å². The van der Waals surface area contributed by atoms with Crippen molar-refractivity contribution in [3.63, 3.8) is 0 Å². The fourth-order valence-corrected chi connectivity index (χ4v) is 2.52. The van der Waals surface area contributed by atoms with Gasteiger partial charge in [-0.1, -0.05) is 31.9 Å². The predicted octanol–water partition coefficient (Wildman–Crippen LogP) is 3.58. The number of unbranched alkanes of at least 4 members (excludes halogenated alkanes) is 1. The molecule has 0 bridgehead atoms. The molecule has 6 nitrogen and oxygen atoms in total. The number of nitrogens with zero attached hydrogens (tertiary/aromatic N) is 1. The molecule has 0 radical (unpaired) electrons. The number of carbonyl (C=O) groups excluding carboxylic acids is 1. The second-order valence-corrected chi connectivity index (χ2v) is 6.23. The summed E-state index contributed by atoms with van der Waals surface area (Å²) in [6.07, 6.45) is 3.21. The number of nitrogens with one attached hydrogen (secondary N) is 2. The van der Waals surface area contributed by atoms with E-state index < -0.39 is 5.91 Å². The third-order valence-electron chi connectivity index (χ3n) is 3.92. The summed E-state index contributed by atoms with van der Waals surface area (Å²) in [7, 11) is 0. The zero-order valence-corrected chi connectivity index (χ0v) is 16.1. The van der Waals surface area contributed by atoms with E-state index in [1.807, 2.05) is 31.2 Å². The van der Waals surface area contributed by atoms with Crippen LogP contribution in [0.5, 0.6) is 0 Å². The molecule has 0 aliphatic rings. The van der Waals surface area contributed by atoms with Gasteiger partial charge in [0, 0.05) is 18.3 Å². The van der Waals surface area contributed by atoms with Crippen molar-refractivity contribution < 1.29 is 4.79 Å². The molecule has 0 saturated carbocycles. The number of carbonyl (C=O) groups is 1. The molecule has 0 spiro atoms. The number of aromatic nitrogens is 1. The normalized spacial score (nSPS) is 11.3. The molecular weight excluding hydrogens is 350 g/mol. The molecule has 7 heteroatoms. The Labute approximate surface area is 161 Å². The fourth-order valence-electron chi connectivity index (χ4n) is 2.52. The monoisotopic (exact) mass is 377 g/mol. The highest BCUT2D eigenvalue weighted by Gasteiger charge is 2.12. The highest BCUT2D eigenvalue weighted by molar-refractivity contribution is 5.98. The fraction of sp³-hybridized carbons (Fsp3) is 0.368. The number of aryl methyl sites for hydroxylation is 1. The van der Waals surface area contributed by atoms with Gasteiger partial charge in [0.1, 0.15) is 11.6 Å². The lowest BCUT2D eigenvalue weighted by Crippen LogP contribution is -2.29. The van der Waals surface area contributed by atoms with E-state index in [-0.39, 0.29) is 18.4 Å². The molecule has 1 atom stereocenters. The Morgan fingerprint density at radius 3 is 2.69 bits per heavy atom. The molecule has 0 aliphatic heterocycles. The number of pyridine rings is 1. The van der Waals surface area contributed by atoms with Crippen LogP contribution in [-0.2, 0) is 0 Å². The third-order valence-corrected chi connectivity index (χ3v) is 3.92. The predicted molar refractivity (Wildman–Crippen MR) is 110 cm³/mol. The summed E-state index contributed by atoms with van der Waals surface area (Å²) in [5.41, 5.74) is 13.9. The summed E-state index contributed by atoms with van der Waals surface area (Å²) >= 11 is 0. The quantitative estimate of drug-likeness (QED) is 0.534. The van der Waals surface area contributed by atoms with Gasteiger partial charge in [-0.05, 0) is 43.2 Å². The number of primary amides is 1. The van der Waals surface area contributed by atoms with E-state index in [1.165, 1.54) is 0 Å². The van der Waals surface area contributed by atoms with Crippen molar-refractivity contribution >= 4 is 35.6 Å². The smallest absolute Gasteiger partial charge is 0.252 e. The molecule has 1 heterocycles. The van der Waals surface area contributed by atoms with Gasteiger partial charge in [-0.3, -0.25) is 4.79 Å². The zero-order valence-electron chi connectivity index (χ0n) is 15.3. The van der Waals surface area contributed by atoms with Crippen molar-refractivity contribution in [2.75, 3.05) is 17.2 Å². The van der Waals surface area contributed by atoms with Gasteiger partial charge in [-0.2, -0.15) is 0 Å². The summed E-state index contributed by atoms with van der Waals surface area (Å²) in [5, 5.41) is 6.40. The maximum atomic E-state index is 11.7. The molecule has 0 fully saturated rings. The number of hydrogen-bond donors (Lipinski definition) is 4. The lowest BCUT2D eigenvalue weighted by atomic mass is 10.1. The van der Waals surface area contributed by atoms with Crippen molar-refractivity contribution in [2.45, 2.75) is 39.2 Å². The molecule has 26 heavy (non-hydrogen) atoms. The Hall–Kier alpha value is -2.31. The van der Waals surface area contributed by atoms with Crippen molar-refractivity contribution in [2.24, 2.45) is 11.5 Å². The van der Waals surface area contributed by atoms with E-state index in [2.05, 4.69) is 22.5 Å². The first-order valence-electron chi connectivity index (χ1n) is 8.63. The van der Waals surface area contributed by atoms with Gasteiger partial charge >= 0.3 is 0 Å². The van der Waals surface area contributed by atoms with E-state index >= 15 is 0 Å². The van der Waals surface area contributed by atoms with Crippen LogP contribution in [-0.4, -0.2) is 23.5 Å². The third kappa shape index (κ3) is 6.54. The van der Waals surface area contributed by atoms with Crippen LogP contribution in [0.1, 0.15) is 42.1 Å². The maximum absolute atomic E-state index is 11.7. The molecule has 2 rings (SSSR count). The van der Waals surface area contributed by atoms with Gasteiger partial charge in [0.25, 0.3) is 5.91 Å². The van der Waals surface area contributed by atoms with E-state index in [0.717, 1.165) is 30.5 Å². The number of benzene rings is 1. The lowest BCUT2D eigenvalue weighted by Gasteiger charge is -2.15. The van der Waals surface area contributed by atoms with Crippen LogP contribution in [0.4, 0.5) is 17.3 Å². The Kier molecular flexibility index (Phi) is 8.88. The first kappa shape index (κ1) is 21.7. The van der Waals surface area contributed by atoms with Crippen LogP contribution >= 0.6 is 12.4 Å². The van der Waals surface area contributed by atoms with Crippen molar-refractivity contribution in [3.8, 4) is 0 Å². The molecule has 1 unspecified atom stereocenters. The number of hydrogen-bond acceptors (Lipinski definition) is 5. The summed E-state index contributed by atoms with van der Waals surface area (Å²) in [6.45, 7) is 4.78. The van der Waals surface area contributed by atoms with Gasteiger partial charge in [0.2, 0.25) is 0 Å². The summed E-state index contributed by atoms with van der Waals surface area (Å²) in [5.74, 6) is 0.575. The van der Waals surface area contributed by atoms with Crippen LogP contribution in [0, 0.1) is 6.92 Å². The number of nitrogens with two attached hydrogens (primary N) is 2. The molecule has 0 aliphatic carbocycles. The number of anilines is 3. The Balaban J connectivity index is 0.00000338. The summed E-state index contributed by atoms with van der Waals surface area (Å²) in [4.78, 5) is 16.2. The molecule has 2 aromatic rings. The second-order valence-electron chi connectivity index (χ2n) is 6.23. The Bertz CT molecular complexity index is 723. The SMILES string of the molecule is CCCCC(N)CNc1ccc(C(N)=O)c(Nc2cccc(C)c2)n1.Cl. The van der Waals surface area contributed by atoms with Crippen LogP contribution in [0.25, 0.3) is 0 Å². The molecule has 1 aromatic heterocycles. The molecule has 0 saturated heterocycles. The van der Waals surface area contributed by atoms with E-state index in [1.54, 1.807) is 12.1 Å². The zero-order chi connectivity index (χ0) is 18.2. The van der Waals surface area contributed by atoms with E-state index in [0.29, 0.717) is 23.7 Å². The van der Waals surface area contributed by atoms with Crippen molar-refractivity contribution in [1.29, 1.82) is 0 Å². The molecule has 6 N–H and O–H groups in total. The standard InChI is InChI=1S/C19H27N5O.ClH/c1-3-4-7-14(20)12-22-17-10-9-16(18(21)25)19(24-17)23-15-8-5-6-13(2)11-15;/h5-6,8-11,14H,3-4,7,12,20H2,1-2H3,(H2,21,25)(H2,22,23,24);1H. The Morgan fingerprint density at radius 1 is 1.27 bits per heavy atom. The van der Waals surface area contributed by atoms with Crippen LogP contribution < -0.4 is 22.1 Å². The molecular formula is C19H28ClN5O. The van der Waals surface area contributed by atoms with Gasteiger partial charge in [0.05, 0.1) is 5.56 Å². The number of amides is 1. The molecule has 1 aromatic carbocycles. The van der Waals surface area contributed by atoms with E-state index in [9.17, 15) is 4.79 Å². The summed E-state index contributed by atoms with van der Waals surface area (Å²) in [6, 6.07) is 11.3. The minimum absolute atomic E-state index is 0. The Morgan fingerprint density at radius 2 is 2.04 bits per heavy atom. The van der Waals surface area contributed by atoms with Crippen LogP contribution in [0.2, 0.25) is 0 Å². The van der Waals surface area contributed by atoms with Gasteiger partial charge in [-0.25, -0.2) is 4.98 Å². The van der Waals surface area contributed by atoms with Gasteiger partial charge in [-0.15, -0.1) is 12.4 Å². The van der Waals surface area contributed by atoms with Crippen LogP contribution in [0.3, 0.4) is 0 Å². The minimum atomic E-state index is -0.520. The largest absolute Gasteiger partial charge is 0.368 e. The molecule has 1 amide bonds. The highest BCUT2D eigenvalue weighted by Crippen LogP contribution is 2.21. The minimum Gasteiger partial charge on any atom is -0.368 e. The average molecular weight is 378 g/mol. The van der Waals surface area contributed by atoms with E-state index in [4.69, 9.17) is 11.5 Å². The summed E-state index contributed by atoms with van der Waals surface area (Å²) < 4.78 is 0. The topological polar surface area (TPSA) is 106 Å². The van der Waals surface area contributed by atoms with Crippen LogP contribution in [0.15, 0.2) is 36.4 Å². The first-order chi connectivity index (χ1) is 12.0. The molecule has 142 valence electrons. The second kappa shape index (κ2) is 10.6. The maximum Gasteiger partial charge on any atom is 0.252 e.